The van der Waals surface area contributed by atoms with Gasteiger partial charge in [0.15, 0.2) is 0 Å². The van der Waals surface area contributed by atoms with Crippen LogP contribution in [-0.4, -0.2) is 25.2 Å². The van der Waals surface area contributed by atoms with E-state index in [1.54, 1.807) is 24.3 Å². The van der Waals surface area contributed by atoms with E-state index in [0.717, 1.165) is 25.6 Å². The second kappa shape index (κ2) is 10.7. The van der Waals surface area contributed by atoms with Crippen LogP contribution in [0.25, 0.3) is 0 Å². The molecule has 8 heteroatoms. The van der Waals surface area contributed by atoms with Crippen LogP contribution < -0.4 is 5.32 Å². The summed E-state index contributed by atoms with van der Waals surface area (Å²) in [5.74, 6) is -0.367. The average molecular weight is 580 g/mol. The Morgan fingerprint density at radius 3 is 2.00 bits per heavy atom. The quantitative estimate of drug-likeness (QED) is 0.378. The van der Waals surface area contributed by atoms with Crippen molar-refractivity contribution in [1.29, 1.82) is 0 Å². The van der Waals surface area contributed by atoms with Crippen molar-refractivity contribution in [2.45, 2.75) is 31.3 Å². The molecule has 168 valence electrons. The van der Waals surface area contributed by atoms with Gasteiger partial charge in [0.05, 0.1) is 17.5 Å². The number of sulfonamides is 1. The molecule has 0 aliphatic heterocycles. The third kappa shape index (κ3) is 6.51. The van der Waals surface area contributed by atoms with Gasteiger partial charge >= 0.3 is 0 Å². The van der Waals surface area contributed by atoms with Crippen LogP contribution in [0, 0.1) is 6.92 Å². The Morgan fingerprint density at radius 2 is 1.44 bits per heavy atom. The summed E-state index contributed by atoms with van der Waals surface area (Å²) in [7, 11) is -3.87. The highest BCUT2D eigenvalue weighted by molar-refractivity contribution is 9.10. The molecule has 32 heavy (non-hydrogen) atoms. The van der Waals surface area contributed by atoms with E-state index >= 15 is 0 Å². The maximum absolute atomic E-state index is 13.4. The molecule has 3 aromatic carbocycles. The van der Waals surface area contributed by atoms with Crippen LogP contribution in [0.1, 0.15) is 29.7 Å². The Labute approximate surface area is 206 Å². The minimum absolute atomic E-state index is 0.0869. The summed E-state index contributed by atoms with van der Waals surface area (Å²) in [5.41, 5.74) is 2.68. The first-order valence-electron chi connectivity index (χ1n) is 10.0. The second-order valence-electron chi connectivity index (χ2n) is 7.55. The summed E-state index contributed by atoms with van der Waals surface area (Å²) >= 11 is 6.79. The standard InChI is InChI=1S/C24H24Br2N2O3S/c1-17-3-13-23(14-4-17)32(30,31)28(15-19-5-9-21(25)10-6-19)16-24(29)27-18(2)20-7-11-22(26)12-8-20/h3-14,18H,15-16H2,1-2H3,(H,27,29)/t18-/m1/s1. The first-order valence-corrected chi connectivity index (χ1v) is 13.0. The van der Waals surface area contributed by atoms with Crippen molar-refractivity contribution < 1.29 is 13.2 Å². The number of aryl methyl sites for hydroxylation is 1. The molecule has 0 aromatic heterocycles. The molecule has 5 nitrogen and oxygen atoms in total. The maximum atomic E-state index is 13.4. The molecule has 1 atom stereocenters. The van der Waals surface area contributed by atoms with Gasteiger partial charge in [-0.1, -0.05) is 73.8 Å². The third-order valence-electron chi connectivity index (χ3n) is 5.00. The smallest absolute Gasteiger partial charge is 0.243 e. The zero-order valence-corrected chi connectivity index (χ0v) is 21.7. The summed E-state index contributed by atoms with van der Waals surface area (Å²) in [6.45, 7) is 3.57. The van der Waals surface area contributed by atoms with Crippen molar-refractivity contribution in [2.75, 3.05) is 6.54 Å². The number of hydrogen-bond donors (Lipinski definition) is 1. The van der Waals surface area contributed by atoms with Crippen LogP contribution in [0.2, 0.25) is 0 Å². The molecule has 0 aliphatic rings. The first-order chi connectivity index (χ1) is 15.1. The molecule has 0 aliphatic carbocycles. The van der Waals surface area contributed by atoms with Crippen LogP contribution in [0.15, 0.2) is 86.6 Å². The fraction of sp³-hybridized carbons (Fsp3) is 0.208. The number of nitrogens with one attached hydrogen (secondary N) is 1. The molecule has 0 unspecified atom stereocenters. The molecule has 0 fully saturated rings. The summed E-state index contributed by atoms with van der Waals surface area (Å²) in [5, 5.41) is 2.91. The lowest BCUT2D eigenvalue weighted by molar-refractivity contribution is -0.122. The number of carbonyl (C=O) groups is 1. The zero-order valence-electron chi connectivity index (χ0n) is 17.8. The largest absolute Gasteiger partial charge is 0.348 e. The number of benzene rings is 3. The Bertz CT molecular complexity index is 1160. The third-order valence-corrected chi connectivity index (χ3v) is 7.86. The molecule has 0 saturated carbocycles. The predicted molar refractivity (Wildman–Crippen MR) is 134 cm³/mol. The van der Waals surface area contributed by atoms with Crippen molar-refractivity contribution in [3.8, 4) is 0 Å². The fourth-order valence-corrected chi connectivity index (χ4v) is 5.07. The lowest BCUT2D eigenvalue weighted by Gasteiger charge is -2.23. The number of amides is 1. The molecule has 3 aromatic rings. The van der Waals surface area contributed by atoms with Crippen LogP contribution in [-0.2, 0) is 21.4 Å². The van der Waals surface area contributed by atoms with Gasteiger partial charge in [0.2, 0.25) is 15.9 Å². The van der Waals surface area contributed by atoms with E-state index in [1.807, 2.05) is 62.4 Å². The molecule has 0 saturated heterocycles. The highest BCUT2D eigenvalue weighted by Gasteiger charge is 2.27. The zero-order chi connectivity index (χ0) is 23.3. The lowest BCUT2D eigenvalue weighted by Crippen LogP contribution is -2.41. The van der Waals surface area contributed by atoms with Gasteiger partial charge in [-0.05, 0) is 61.4 Å². The van der Waals surface area contributed by atoms with Gasteiger partial charge in [0.1, 0.15) is 0 Å². The van der Waals surface area contributed by atoms with Gasteiger partial charge in [-0.15, -0.1) is 0 Å². The van der Waals surface area contributed by atoms with Crippen molar-refractivity contribution in [1.82, 2.24) is 9.62 Å². The maximum Gasteiger partial charge on any atom is 0.243 e. The highest BCUT2D eigenvalue weighted by Crippen LogP contribution is 2.21. The lowest BCUT2D eigenvalue weighted by atomic mass is 10.1. The number of nitrogens with zero attached hydrogens (tertiary/aromatic N) is 1. The summed E-state index contributed by atoms with van der Waals surface area (Å²) in [4.78, 5) is 13.0. The van der Waals surface area contributed by atoms with Crippen molar-refractivity contribution in [3.63, 3.8) is 0 Å². The number of hydrogen-bond acceptors (Lipinski definition) is 3. The van der Waals surface area contributed by atoms with Gasteiger partial charge in [0, 0.05) is 15.5 Å². The second-order valence-corrected chi connectivity index (χ2v) is 11.3. The summed E-state index contributed by atoms with van der Waals surface area (Å²) in [6.07, 6.45) is 0. The minimum atomic E-state index is -3.87. The number of halogens is 2. The summed E-state index contributed by atoms with van der Waals surface area (Å²) < 4.78 is 29.8. The molecule has 0 spiro atoms. The molecule has 3 rings (SSSR count). The van der Waals surface area contributed by atoms with Gasteiger partial charge in [-0.3, -0.25) is 4.79 Å². The molecule has 1 N–H and O–H groups in total. The van der Waals surface area contributed by atoms with E-state index in [4.69, 9.17) is 0 Å². The Kier molecular flexibility index (Phi) is 8.27. The van der Waals surface area contributed by atoms with Crippen LogP contribution in [0.4, 0.5) is 0 Å². The monoisotopic (exact) mass is 578 g/mol. The van der Waals surface area contributed by atoms with Crippen LogP contribution >= 0.6 is 31.9 Å². The van der Waals surface area contributed by atoms with Crippen LogP contribution in [0.3, 0.4) is 0 Å². The van der Waals surface area contributed by atoms with Gasteiger partial charge in [0.25, 0.3) is 0 Å². The molecular formula is C24H24Br2N2O3S. The van der Waals surface area contributed by atoms with Crippen molar-refractivity contribution in [2.24, 2.45) is 0 Å². The fourth-order valence-electron chi connectivity index (χ4n) is 3.16. The van der Waals surface area contributed by atoms with E-state index in [1.165, 1.54) is 4.31 Å². The Morgan fingerprint density at radius 1 is 0.906 bits per heavy atom. The minimum Gasteiger partial charge on any atom is -0.348 e. The van der Waals surface area contributed by atoms with E-state index < -0.39 is 10.0 Å². The molecule has 0 heterocycles. The molecule has 0 bridgehead atoms. The van der Waals surface area contributed by atoms with Crippen molar-refractivity contribution >= 4 is 47.8 Å². The highest BCUT2D eigenvalue weighted by atomic mass is 79.9. The SMILES string of the molecule is Cc1ccc(S(=O)(=O)N(CC(=O)N[C@H](C)c2ccc(Br)cc2)Cc2ccc(Br)cc2)cc1. The van der Waals surface area contributed by atoms with Gasteiger partial charge in [-0.2, -0.15) is 4.31 Å². The Balaban J connectivity index is 1.82. The van der Waals surface area contributed by atoms with Gasteiger partial charge < -0.3 is 5.32 Å². The number of carbonyl (C=O) groups excluding carboxylic acids is 1. The van der Waals surface area contributed by atoms with Crippen molar-refractivity contribution in [3.05, 3.63) is 98.4 Å². The molecule has 1 amide bonds. The van der Waals surface area contributed by atoms with E-state index in [9.17, 15) is 13.2 Å². The van der Waals surface area contributed by atoms with Gasteiger partial charge in [-0.25, -0.2) is 8.42 Å². The van der Waals surface area contributed by atoms with Crippen LogP contribution in [0.5, 0.6) is 0 Å². The Hall–Kier alpha value is -2.00. The first kappa shape index (κ1) is 24.6. The average Bonchev–Trinajstić information content (AvgIpc) is 2.75. The predicted octanol–water partition coefficient (Wildman–Crippen LogP) is 5.59. The normalized spacial score (nSPS) is 12.5. The summed E-state index contributed by atoms with van der Waals surface area (Å²) in [6, 6.07) is 21.4. The number of rotatable bonds is 8. The molecular weight excluding hydrogens is 556 g/mol. The van der Waals surface area contributed by atoms with E-state index in [-0.39, 0.29) is 29.9 Å². The topological polar surface area (TPSA) is 66.5 Å². The molecule has 0 radical (unpaired) electrons. The van der Waals surface area contributed by atoms with E-state index in [0.29, 0.717) is 0 Å². The van der Waals surface area contributed by atoms with E-state index in [2.05, 4.69) is 37.2 Å².